The largest absolute Gasteiger partial charge is 0.432 e. The Morgan fingerprint density at radius 3 is 2.13 bits per heavy atom. The third kappa shape index (κ3) is 5.77. The van der Waals surface area contributed by atoms with Gasteiger partial charge in [-0.2, -0.15) is 0 Å². The lowest BCUT2D eigenvalue weighted by Crippen LogP contribution is -2.66. The van der Waals surface area contributed by atoms with E-state index >= 15 is 0 Å². The minimum absolute atomic E-state index is 0.00969. The number of fused-ring (bicyclic) bond motifs is 7. The van der Waals surface area contributed by atoms with E-state index < -0.39 is 84.8 Å². The summed E-state index contributed by atoms with van der Waals surface area (Å²) in [6.07, 6.45) is -1.02. The normalized spacial score (nSPS) is 54.8. The van der Waals surface area contributed by atoms with Gasteiger partial charge in [-0.3, -0.25) is 4.79 Å². The van der Waals surface area contributed by atoms with Gasteiger partial charge in [0.25, 0.3) is 0 Å². The Balaban J connectivity index is 1.18. The summed E-state index contributed by atoms with van der Waals surface area (Å²) < 4.78 is 23.9. The highest BCUT2D eigenvalue weighted by Gasteiger charge is 2.70. The molecule has 4 saturated carbocycles. The van der Waals surface area contributed by atoms with Crippen molar-refractivity contribution < 1.29 is 59.5 Å². The Kier molecular flexibility index (Phi) is 10.2. The summed E-state index contributed by atoms with van der Waals surface area (Å²) in [4.78, 5) is 14.5. The second-order valence-corrected chi connectivity index (χ2v) is 20.0. The zero-order valence-corrected chi connectivity index (χ0v) is 32.7. The summed E-state index contributed by atoms with van der Waals surface area (Å²) in [7, 11) is 0. The fourth-order valence-corrected chi connectivity index (χ4v) is 13.3. The second kappa shape index (κ2) is 13.5. The van der Waals surface area contributed by atoms with Crippen LogP contribution in [0.2, 0.25) is 0 Å². The van der Waals surface area contributed by atoms with Crippen molar-refractivity contribution in [2.45, 2.75) is 174 Å². The molecule has 12 heteroatoms. The van der Waals surface area contributed by atoms with Crippen molar-refractivity contribution in [1.82, 2.24) is 0 Å². The Bertz CT molecular complexity index is 1440. The molecule has 2 heterocycles. The zero-order valence-electron chi connectivity index (χ0n) is 32.7. The van der Waals surface area contributed by atoms with Crippen molar-refractivity contribution in [2.24, 2.45) is 50.2 Å². The zero-order chi connectivity index (χ0) is 38.7. The average molecular weight is 751 g/mol. The molecule has 0 bridgehead atoms. The second-order valence-electron chi connectivity index (χ2n) is 20.0. The van der Waals surface area contributed by atoms with Crippen molar-refractivity contribution in [1.29, 1.82) is 0 Å². The number of rotatable bonds is 6. The van der Waals surface area contributed by atoms with E-state index in [0.717, 1.165) is 44.9 Å². The molecule has 3 unspecified atom stereocenters. The summed E-state index contributed by atoms with van der Waals surface area (Å²) in [5.74, 6) is -0.0244. The monoisotopic (exact) mass is 750 g/mol. The topological polar surface area (TPSA) is 196 Å². The van der Waals surface area contributed by atoms with Crippen LogP contribution >= 0.6 is 0 Å². The summed E-state index contributed by atoms with van der Waals surface area (Å²) in [5, 5.41) is 73.3. The first-order chi connectivity index (χ1) is 24.7. The summed E-state index contributed by atoms with van der Waals surface area (Å²) in [5.41, 5.74) is -0.486. The number of esters is 1. The van der Waals surface area contributed by atoms with E-state index in [1.54, 1.807) is 6.92 Å². The molecule has 7 aliphatic rings. The van der Waals surface area contributed by atoms with Gasteiger partial charge in [-0.1, -0.05) is 53.2 Å². The first kappa shape index (κ1) is 40.0. The summed E-state index contributed by atoms with van der Waals surface area (Å²) >= 11 is 0. The highest BCUT2D eigenvalue weighted by molar-refractivity contribution is 5.79. The van der Waals surface area contributed by atoms with Crippen LogP contribution < -0.4 is 0 Å². The Hall–Kier alpha value is -1.19. The van der Waals surface area contributed by atoms with E-state index in [0.29, 0.717) is 25.2 Å². The molecule has 5 aliphatic carbocycles. The molecule has 7 N–H and O–H groups in total. The fourth-order valence-electron chi connectivity index (χ4n) is 13.3. The van der Waals surface area contributed by atoms with Crippen molar-refractivity contribution >= 4 is 5.97 Å². The summed E-state index contributed by atoms with van der Waals surface area (Å²) in [6.45, 7) is 15.0. The van der Waals surface area contributed by atoms with Crippen LogP contribution in [0.25, 0.3) is 0 Å². The molecule has 0 amide bonds. The van der Waals surface area contributed by atoms with Crippen LogP contribution in [0.3, 0.4) is 0 Å². The van der Waals surface area contributed by atoms with Gasteiger partial charge in [-0.15, -0.1) is 0 Å². The van der Waals surface area contributed by atoms with Crippen LogP contribution in [0.5, 0.6) is 0 Å². The maximum absolute atomic E-state index is 14.5. The highest BCUT2D eigenvalue weighted by atomic mass is 16.7. The number of hydrogen-bond acceptors (Lipinski definition) is 12. The first-order valence-corrected chi connectivity index (χ1v) is 20.2. The maximum atomic E-state index is 14.5. The molecule has 0 aromatic carbocycles. The Morgan fingerprint density at radius 1 is 0.792 bits per heavy atom. The number of hydrogen-bond donors (Lipinski definition) is 7. The van der Waals surface area contributed by atoms with E-state index in [2.05, 4.69) is 47.6 Å². The van der Waals surface area contributed by atoms with Crippen LogP contribution in [0.4, 0.5) is 0 Å². The van der Waals surface area contributed by atoms with E-state index in [1.165, 1.54) is 5.57 Å². The molecule has 2 aliphatic heterocycles. The lowest BCUT2D eigenvalue weighted by Gasteiger charge is -2.71. The number of allylic oxidation sites excluding steroid dienone is 2. The quantitative estimate of drug-likeness (QED) is 0.155. The highest BCUT2D eigenvalue weighted by Crippen LogP contribution is 2.76. The number of carbonyl (C=O) groups excluding carboxylic acids is 1. The van der Waals surface area contributed by atoms with Crippen LogP contribution in [-0.2, 0) is 23.7 Å². The van der Waals surface area contributed by atoms with E-state index in [1.807, 2.05) is 0 Å². The number of ether oxygens (including phenoxy) is 4. The van der Waals surface area contributed by atoms with Gasteiger partial charge < -0.3 is 54.7 Å². The van der Waals surface area contributed by atoms with Gasteiger partial charge in [0.15, 0.2) is 6.29 Å². The van der Waals surface area contributed by atoms with Gasteiger partial charge in [0.2, 0.25) is 6.29 Å². The lowest BCUT2D eigenvalue weighted by atomic mass is 9.33. The van der Waals surface area contributed by atoms with Crippen LogP contribution in [0.15, 0.2) is 11.6 Å². The van der Waals surface area contributed by atoms with E-state index in [4.69, 9.17) is 18.9 Å². The standard InChI is InChI=1S/C41H66O12/c1-21-28(44)30(46)32(48)33(50-21)53-35(49)41-16-14-36(2,3)18-23(41)22-8-9-26-37(4)12-11-27(52-34-31(47)29(45)24(19-42)51-34)38(5,20-43)25(37)10-13-40(26,7)39(22,6)15-17-41/h8,21,23-34,42-48H,9-20H2,1-7H3/t21-,23?,24-,25?,26?,27-,28-,29-,30+,31+,32+,33-,34-,37-,38-,39+,40+,41-/m0/s1. The van der Waals surface area contributed by atoms with Gasteiger partial charge in [0.1, 0.15) is 36.6 Å². The van der Waals surface area contributed by atoms with Crippen molar-refractivity contribution in [3.05, 3.63) is 11.6 Å². The molecule has 53 heavy (non-hydrogen) atoms. The van der Waals surface area contributed by atoms with Crippen LogP contribution in [0.1, 0.15) is 113 Å². The number of carbonyl (C=O) groups is 1. The van der Waals surface area contributed by atoms with Gasteiger partial charge in [-0.25, -0.2) is 0 Å². The molecule has 7 rings (SSSR count). The third-order valence-corrected chi connectivity index (χ3v) is 17.0. The molecule has 0 aromatic rings. The van der Waals surface area contributed by atoms with Crippen LogP contribution in [0, 0.1) is 50.2 Å². The minimum Gasteiger partial charge on any atom is -0.432 e. The first-order valence-electron chi connectivity index (χ1n) is 20.2. The van der Waals surface area contributed by atoms with Gasteiger partial charge >= 0.3 is 5.97 Å². The van der Waals surface area contributed by atoms with Crippen molar-refractivity contribution in [3.8, 4) is 0 Å². The van der Waals surface area contributed by atoms with Gasteiger partial charge in [-0.05, 0) is 111 Å². The molecule has 0 spiro atoms. The fraction of sp³-hybridized carbons (Fsp3) is 0.927. The predicted molar refractivity (Wildman–Crippen MR) is 192 cm³/mol. The van der Waals surface area contributed by atoms with E-state index in [-0.39, 0.29) is 40.1 Å². The minimum atomic E-state index is -1.55. The Labute approximate surface area is 314 Å². The SMILES string of the molecule is C[C@@H]1O[C@@H](OC(=O)[C@]23CCC(C)(C)CC2C2=CCC4[C@@]5(C)CC[C@H](O[C@@H]6O[C@@H](CO)[C@H](O)[C@H]6O)[C@@](C)(CO)C5CC[C@@]4(C)[C@]2(C)CC3)[C@H](O)[C@H](O)[C@H]1O. The smallest absolute Gasteiger partial charge is 0.315 e. The molecular formula is C41H66O12. The molecule has 12 nitrogen and oxygen atoms in total. The maximum Gasteiger partial charge on any atom is 0.315 e. The lowest BCUT2D eigenvalue weighted by molar-refractivity contribution is -0.290. The molecule has 302 valence electrons. The van der Waals surface area contributed by atoms with Gasteiger partial charge in [0, 0.05) is 5.41 Å². The van der Waals surface area contributed by atoms with E-state index in [9.17, 15) is 40.5 Å². The molecule has 6 fully saturated rings. The predicted octanol–water partition coefficient (Wildman–Crippen LogP) is 2.96. The molecular weight excluding hydrogens is 684 g/mol. The van der Waals surface area contributed by atoms with Crippen LogP contribution in [-0.4, -0.2) is 116 Å². The number of aliphatic hydroxyl groups is 7. The van der Waals surface area contributed by atoms with Gasteiger partial charge in [0.05, 0.1) is 30.8 Å². The number of aliphatic hydroxyl groups excluding tert-OH is 7. The third-order valence-electron chi connectivity index (χ3n) is 17.0. The summed E-state index contributed by atoms with van der Waals surface area (Å²) in [6, 6.07) is 0. The molecule has 18 atom stereocenters. The molecule has 0 aromatic heterocycles. The Morgan fingerprint density at radius 2 is 1.47 bits per heavy atom. The van der Waals surface area contributed by atoms with Crippen molar-refractivity contribution in [2.75, 3.05) is 13.2 Å². The average Bonchev–Trinajstić information content (AvgIpc) is 3.38. The van der Waals surface area contributed by atoms with Crippen molar-refractivity contribution in [3.63, 3.8) is 0 Å². The molecule has 2 saturated heterocycles. The molecule has 0 radical (unpaired) electrons.